The van der Waals surface area contributed by atoms with E-state index in [1.165, 1.54) is 21.3 Å². The van der Waals surface area contributed by atoms with E-state index in [2.05, 4.69) is 18.7 Å². The summed E-state index contributed by atoms with van der Waals surface area (Å²) in [6.07, 6.45) is 1.73. The smallest absolute Gasteiger partial charge is 0.235 e. The number of primary amides is 1. The fourth-order valence-electron chi connectivity index (χ4n) is 2.52. The number of hydrogen-bond donors (Lipinski definition) is 4. The maximum Gasteiger partial charge on any atom is 0.235 e. The highest BCUT2D eigenvalue weighted by atomic mass is 32.1. The SMILES string of the molecule is COc1ccc(C=C(C#N)c2cc(OC)c(OC)c(OC)c2)cc1N.NC(=O)[C@@H](N)CS. The molecule has 1 amide bonds. The number of carbonyl (C=O) groups is 1. The molecule has 2 aromatic carbocycles. The highest BCUT2D eigenvalue weighted by Gasteiger charge is 2.15. The van der Waals surface area contributed by atoms with E-state index >= 15 is 0 Å². The van der Waals surface area contributed by atoms with Crippen LogP contribution in [0.5, 0.6) is 23.0 Å². The molecule has 0 aliphatic carbocycles. The molecule has 0 saturated heterocycles. The molecule has 0 spiro atoms. The Morgan fingerprint density at radius 1 is 1.06 bits per heavy atom. The summed E-state index contributed by atoms with van der Waals surface area (Å²) in [6.45, 7) is 0. The molecule has 0 bridgehead atoms. The molecule has 0 aromatic heterocycles. The first-order valence-electron chi connectivity index (χ1n) is 9.27. The molecular formula is C22H28N4O5S. The molecule has 0 saturated carbocycles. The summed E-state index contributed by atoms with van der Waals surface area (Å²) in [5.41, 5.74) is 18.1. The van der Waals surface area contributed by atoms with Gasteiger partial charge in [-0.25, -0.2) is 0 Å². The number of thiol groups is 1. The number of carbonyl (C=O) groups excluding carboxylic acids is 1. The van der Waals surface area contributed by atoms with Crippen LogP contribution in [0.3, 0.4) is 0 Å². The van der Waals surface area contributed by atoms with Gasteiger partial charge in [-0.05, 0) is 41.5 Å². The molecule has 32 heavy (non-hydrogen) atoms. The number of ether oxygens (including phenoxy) is 4. The van der Waals surface area contributed by atoms with E-state index < -0.39 is 11.9 Å². The summed E-state index contributed by atoms with van der Waals surface area (Å²) in [4.78, 5) is 9.98. The Kier molecular flexibility index (Phi) is 10.8. The number of rotatable bonds is 8. The van der Waals surface area contributed by atoms with Crippen LogP contribution in [0.4, 0.5) is 5.69 Å². The van der Waals surface area contributed by atoms with Crippen molar-refractivity contribution < 1.29 is 23.7 Å². The molecule has 172 valence electrons. The van der Waals surface area contributed by atoms with Gasteiger partial charge < -0.3 is 36.1 Å². The van der Waals surface area contributed by atoms with Crippen molar-refractivity contribution in [3.8, 4) is 29.1 Å². The number of benzene rings is 2. The zero-order valence-electron chi connectivity index (χ0n) is 18.4. The summed E-state index contributed by atoms with van der Waals surface area (Å²) in [6, 6.07) is 10.4. The van der Waals surface area contributed by atoms with E-state index in [1.807, 2.05) is 6.07 Å². The predicted molar refractivity (Wildman–Crippen MR) is 128 cm³/mol. The Hall–Kier alpha value is -3.55. The third-order valence-corrected chi connectivity index (χ3v) is 4.62. The number of nitriles is 1. The van der Waals surface area contributed by atoms with Crippen LogP contribution in [0.25, 0.3) is 11.6 Å². The molecule has 0 heterocycles. The summed E-state index contributed by atoms with van der Waals surface area (Å²) < 4.78 is 21.1. The van der Waals surface area contributed by atoms with E-state index in [4.69, 9.17) is 36.1 Å². The monoisotopic (exact) mass is 460 g/mol. The molecule has 0 unspecified atom stereocenters. The molecule has 0 aliphatic heterocycles. The van der Waals surface area contributed by atoms with Gasteiger partial charge in [0.25, 0.3) is 0 Å². The summed E-state index contributed by atoms with van der Waals surface area (Å²) >= 11 is 3.73. The summed E-state index contributed by atoms with van der Waals surface area (Å²) in [7, 11) is 6.14. The van der Waals surface area contributed by atoms with E-state index in [-0.39, 0.29) is 0 Å². The lowest BCUT2D eigenvalue weighted by molar-refractivity contribution is -0.118. The van der Waals surface area contributed by atoms with Crippen LogP contribution in [0.1, 0.15) is 11.1 Å². The van der Waals surface area contributed by atoms with Crippen LogP contribution in [0.2, 0.25) is 0 Å². The van der Waals surface area contributed by atoms with Crippen LogP contribution < -0.4 is 36.1 Å². The first-order chi connectivity index (χ1) is 15.3. The lowest BCUT2D eigenvalue weighted by Crippen LogP contribution is -2.37. The second-order valence-electron chi connectivity index (χ2n) is 6.28. The Morgan fingerprint density at radius 2 is 1.62 bits per heavy atom. The van der Waals surface area contributed by atoms with Gasteiger partial charge in [0.05, 0.1) is 51.8 Å². The summed E-state index contributed by atoms with van der Waals surface area (Å²) in [5.74, 6) is 1.83. The van der Waals surface area contributed by atoms with Gasteiger partial charge in [-0.2, -0.15) is 17.9 Å². The van der Waals surface area contributed by atoms with Gasteiger partial charge in [0.15, 0.2) is 11.5 Å². The Labute approximate surface area is 193 Å². The predicted octanol–water partition coefficient (Wildman–Crippen LogP) is 2.10. The first-order valence-corrected chi connectivity index (χ1v) is 9.90. The number of hydrogen-bond acceptors (Lipinski definition) is 9. The van der Waals surface area contributed by atoms with Crippen molar-refractivity contribution in [2.75, 3.05) is 39.9 Å². The van der Waals surface area contributed by atoms with Gasteiger partial charge in [-0.15, -0.1) is 0 Å². The number of nitrogen functional groups attached to an aromatic ring is 1. The molecule has 6 N–H and O–H groups in total. The number of nitrogens with zero attached hydrogens (tertiary/aromatic N) is 1. The molecule has 0 fully saturated rings. The number of anilines is 1. The molecular weight excluding hydrogens is 432 g/mol. The molecule has 1 atom stereocenters. The fourth-order valence-corrected chi connectivity index (χ4v) is 2.70. The van der Waals surface area contributed by atoms with Gasteiger partial charge in [0.1, 0.15) is 5.75 Å². The highest BCUT2D eigenvalue weighted by Crippen LogP contribution is 2.40. The van der Waals surface area contributed by atoms with E-state index in [1.54, 1.807) is 37.5 Å². The average Bonchev–Trinajstić information content (AvgIpc) is 2.81. The standard InChI is InChI=1S/C19H20N2O4.C3H8N2OS/c1-22-16-6-5-12(8-15(16)21)7-14(11-20)13-9-17(23-2)19(25-4)18(10-13)24-3;4-2(1-7)3(5)6/h5-10H,21H2,1-4H3;2,7H,1,4H2,(H2,5,6)/t;2-/m.0/s1. The van der Waals surface area contributed by atoms with Gasteiger partial charge in [-0.1, -0.05) is 6.07 Å². The lowest BCUT2D eigenvalue weighted by atomic mass is 10.0. The van der Waals surface area contributed by atoms with E-state index in [9.17, 15) is 10.1 Å². The second-order valence-corrected chi connectivity index (χ2v) is 6.64. The van der Waals surface area contributed by atoms with Crippen molar-refractivity contribution in [2.45, 2.75) is 6.04 Å². The minimum Gasteiger partial charge on any atom is -0.495 e. The van der Waals surface area contributed by atoms with Crippen molar-refractivity contribution in [1.82, 2.24) is 0 Å². The normalized spacial score (nSPS) is 11.3. The first kappa shape index (κ1) is 26.5. The van der Waals surface area contributed by atoms with Crippen LogP contribution in [-0.4, -0.2) is 46.1 Å². The summed E-state index contributed by atoms with van der Waals surface area (Å²) in [5, 5.41) is 9.58. The zero-order valence-corrected chi connectivity index (χ0v) is 19.3. The highest BCUT2D eigenvalue weighted by molar-refractivity contribution is 7.80. The van der Waals surface area contributed by atoms with Gasteiger partial charge >= 0.3 is 0 Å². The van der Waals surface area contributed by atoms with Crippen molar-refractivity contribution in [1.29, 1.82) is 5.26 Å². The third-order valence-electron chi connectivity index (χ3n) is 4.22. The molecule has 0 aliphatic rings. The minimum absolute atomic E-state index is 0.315. The van der Waals surface area contributed by atoms with Crippen LogP contribution in [0, 0.1) is 11.3 Å². The van der Waals surface area contributed by atoms with Crippen LogP contribution >= 0.6 is 12.6 Å². The zero-order chi connectivity index (χ0) is 24.3. The Balaban J connectivity index is 0.000000633. The molecule has 2 rings (SSSR count). The van der Waals surface area contributed by atoms with Crippen molar-refractivity contribution >= 4 is 35.9 Å². The number of methoxy groups -OCH3 is 4. The van der Waals surface area contributed by atoms with E-state index in [0.29, 0.717) is 45.6 Å². The minimum atomic E-state index is -0.594. The maximum absolute atomic E-state index is 9.98. The van der Waals surface area contributed by atoms with Crippen molar-refractivity contribution in [3.63, 3.8) is 0 Å². The molecule has 0 radical (unpaired) electrons. The largest absolute Gasteiger partial charge is 0.495 e. The maximum atomic E-state index is 9.98. The molecule has 2 aromatic rings. The number of amides is 1. The topological polar surface area (TPSA) is 156 Å². The third kappa shape index (κ3) is 7.01. The fraction of sp³-hybridized carbons (Fsp3) is 0.273. The van der Waals surface area contributed by atoms with Crippen LogP contribution in [0.15, 0.2) is 30.3 Å². The second kappa shape index (κ2) is 13.0. The van der Waals surface area contributed by atoms with Crippen molar-refractivity contribution in [3.05, 3.63) is 41.5 Å². The van der Waals surface area contributed by atoms with Gasteiger partial charge in [-0.3, -0.25) is 4.79 Å². The van der Waals surface area contributed by atoms with Gasteiger partial charge in [0, 0.05) is 5.75 Å². The van der Waals surface area contributed by atoms with E-state index in [0.717, 1.165) is 5.56 Å². The number of allylic oxidation sites excluding steroid dienone is 1. The lowest BCUT2D eigenvalue weighted by Gasteiger charge is -2.14. The van der Waals surface area contributed by atoms with Gasteiger partial charge in [0.2, 0.25) is 11.7 Å². The van der Waals surface area contributed by atoms with Crippen LogP contribution in [-0.2, 0) is 4.79 Å². The molecule has 10 heteroatoms. The molecule has 9 nitrogen and oxygen atoms in total. The van der Waals surface area contributed by atoms with Crippen molar-refractivity contribution in [2.24, 2.45) is 11.5 Å². The quantitative estimate of drug-likeness (QED) is 0.202. The average molecular weight is 461 g/mol. The Bertz CT molecular complexity index is 979. The Morgan fingerprint density at radius 3 is 1.97 bits per heavy atom. The number of nitrogens with two attached hydrogens (primary N) is 3.